The van der Waals surface area contributed by atoms with E-state index >= 15 is 0 Å². The first-order valence-electron chi connectivity index (χ1n) is 4.68. The smallest absolute Gasteiger partial charge is 0.0479 e. The summed E-state index contributed by atoms with van der Waals surface area (Å²) in [6.07, 6.45) is 5.37. The number of allylic oxidation sites excluding steroid dienone is 1. The van der Waals surface area contributed by atoms with Crippen LogP contribution in [-0.4, -0.2) is 6.54 Å². The SMILES string of the molecule is CC/C=C/CNc1ccc(N)cc1I. The fraction of sp³-hybridized carbons (Fsp3) is 0.273. The Bertz CT molecular complexity index is 321. The molecule has 76 valence electrons. The highest BCUT2D eigenvalue weighted by atomic mass is 127. The molecule has 1 rings (SSSR count). The van der Waals surface area contributed by atoms with Crippen molar-refractivity contribution >= 4 is 34.0 Å². The maximum absolute atomic E-state index is 5.66. The molecule has 0 saturated carbocycles. The number of benzene rings is 1. The molecular weight excluding hydrogens is 287 g/mol. The zero-order chi connectivity index (χ0) is 10.4. The zero-order valence-corrected chi connectivity index (χ0v) is 10.4. The monoisotopic (exact) mass is 302 g/mol. The van der Waals surface area contributed by atoms with Gasteiger partial charge in [0.1, 0.15) is 0 Å². The van der Waals surface area contributed by atoms with Gasteiger partial charge in [-0.1, -0.05) is 19.1 Å². The second kappa shape index (κ2) is 5.90. The van der Waals surface area contributed by atoms with Crippen molar-refractivity contribution < 1.29 is 0 Å². The molecule has 1 aromatic rings. The van der Waals surface area contributed by atoms with E-state index in [2.05, 4.69) is 47.0 Å². The summed E-state index contributed by atoms with van der Waals surface area (Å²) in [5.41, 5.74) is 7.61. The van der Waals surface area contributed by atoms with Crippen molar-refractivity contribution in [3.8, 4) is 0 Å². The van der Waals surface area contributed by atoms with Crippen molar-refractivity contribution in [2.24, 2.45) is 0 Å². The Morgan fingerprint density at radius 1 is 1.43 bits per heavy atom. The van der Waals surface area contributed by atoms with Gasteiger partial charge >= 0.3 is 0 Å². The summed E-state index contributed by atoms with van der Waals surface area (Å²) in [7, 11) is 0. The van der Waals surface area contributed by atoms with Crippen molar-refractivity contribution in [1.82, 2.24) is 0 Å². The van der Waals surface area contributed by atoms with Crippen molar-refractivity contribution in [2.75, 3.05) is 17.6 Å². The third-order valence-corrected chi connectivity index (χ3v) is 2.70. The second-order valence-electron chi connectivity index (χ2n) is 3.00. The number of rotatable bonds is 4. The summed E-state index contributed by atoms with van der Waals surface area (Å²) >= 11 is 2.28. The molecule has 0 bridgehead atoms. The van der Waals surface area contributed by atoms with Crippen LogP contribution in [0.25, 0.3) is 0 Å². The first-order valence-corrected chi connectivity index (χ1v) is 5.75. The Kier molecular flexibility index (Phi) is 4.79. The Hall–Kier alpha value is -0.710. The minimum absolute atomic E-state index is 0.809. The van der Waals surface area contributed by atoms with Gasteiger partial charge in [0.05, 0.1) is 0 Å². The van der Waals surface area contributed by atoms with E-state index < -0.39 is 0 Å². The lowest BCUT2D eigenvalue weighted by Gasteiger charge is -2.06. The molecule has 0 spiro atoms. The molecule has 0 unspecified atom stereocenters. The molecule has 14 heavy (non-hydrogen) atoms. The molecule has 0 heterocycles. The first-order chi connectivity index (χ1) is 6.74. The lowest BCUT2D eigenvalue weighted by atomic mass is 10.3. The van der Waals surface area contributed by atoms with Crippen LogP contribution in [0.3, 0.4) is 0 Å². The normalized spacial score (nSPS) is 10.7. The molecule has 0 aliphatic rings. The summed E-state index contributed by atoms with van der Waals surface area (Å²) in [5, 5.41) is 3.33. The van der Waals surface area contributed by atoms with Gasteiger partial charge in [-0.2, -0.15) is 0 Å². The molecule has 2 nitrogen and oxygen atoms in total. The number of hydrogen-bond donors (Lipinski definition) is 2. The van der Waals surface area contributed by atoms with Crippen LogP contribution in [0.1, 0.15) is 13.3 Å². The number of nitrogen functional groups attached to an aromatic ring is 1. The van der Waals surface area contributed by atoms with Crippen molar-refractivity contribution in [1.29, 1.82) is 0 Å². The standard InChI is InChI=1S/C11H15IN2/c1-2-3-4-7-14-11-6-5-9(13)8-10(11)12/h3-6,8,14H,2,7,13H2,1H3/b4-3+. The second-order valence-corrected chi connectivity index (χ2v) is 4.16. The highest BCUT2D eigenvalue weighted by Crippen LogP contribution is 2.20. The van der Waals surface area contributed by atoms with Crippen LogP contribution in [0.5, 0.6) is 0 Å². The van der Waals surface area contributed by atoms with Gasteiger partial charge < -0.3 is 11.1 Å². The molecule has 3 heteroatoms. The number of anilines is 2. The number of halogens is 1. The third kappa shape index (κ3) is 3.57. The van der Waals surface area contributed by atoms with Gasteiger partial charge in [0, 0.05) is 21.5 Å². The highest BCUT2D eigenvalue weighted by Gasteiger charge is 1.97. The fourth-order valence-corrected chi connectivity index (χ4v) is 1.82. The minimum Gasteiger partial charge on any atom is -0.399 e. The zero-order valence-electron chi connectivity index (χ0n) is 8.26. The molecule has 0 atom stereocenters. The summed E-state index contributed by atoms with van der Waals surface area (Å²) in [4.78, 5) is 0. The lowest BCUT2D eigenvalue weighted by Crippen LogP contribution is -2.00. The van der Waals surface area contributed by atoms with Crippen LogP contribution in [0.4, 0.5) is 11.4 Å². The minimum atomic E-state index is 0.809. The van der Waals surface area contributed by atoms with Gasteiger partial charge in [-0.15, -0.1) is 0 Å². The molecular formula is C11H15IN2. The summed E-state index contributed by atoms with van der Waals surface area (Å²) in [6.45, 7) is 3.00. The molecule has 0 radical (unpaired) electrons. The van der Waals surface area contributed by atoms with E-state index in [0.29, 0.717) is 0 Å². The van der Waals surface area contributed by atoms with Crippen molar-refractivity contribution in [2.45, 2.75) is 13.3 Å². The average Bonchev–Trinajstić information content (AvgIpc) is 2.15. The molecule has 0 aliphatic heterocycles. The topological polar surface area (TPSA) is 38.0 Å². The van der Waals surface area contributed by atoms with E-state index in [4.69, 9.17) is 5.73 Å². The number of hydrogen-bond acceptors (Lipinski definition) is 2. The van der Waals surface area contributed by atoms with Crippen LogP contribution in [0, 0.1) is 3.57 Å². The summed E-state index contributed by atoms with van der Waals surface area (Å²) in [6, 6.07) is 5.89. The molecule has 0 amide bonds. The summed E-state index contributed by atoms with van der Waals surface area (Å²) < 4.78 is 1.16. The van der Waals surface area contributed by atoms with Crippen LogP contribution in [0.15, 0.2) is 30.4 Å². The third-order valence-electron chi connectivity index (χ3n) is 1.81. The predicted octanol–water partition coefficient (Wildman–Crippen LogP) is 3.25. The maximum Gasteiger partial charge on any atom is 0.0479 e. The van der Waals surface area contributed by atoms with Gasteiger partial charge in [0.2, 0.25) is 0 Å². The highest BCUT2D eigenvalue weighted by molar-refractivity contribution is 14.1. The van der Waals surface area contributed by atoms with Gasteiger partial charge in [0.15, 0.2) is 0 Å². The van der Waals surface area contributed by atoms with Gasteiger partial charge in [-0.3, -0.25) is 0 Å². The van der Waals surface area contributed by atoms with E-state index in [-0.39, 0.29) is 0 Å². The van der Waals surface area contributed by atoms with Crippen LogP contribution in [-0.2, 0) is 0 Å². The maximum atomic E-state index is 5.66. The van der Waals surface area contributed by atoms with E-state index in [1.54, 1.807) is 0 Å². The Morgan fingerprint density at radius 3 is 2.86 bits per heavy atom. The van der Waals surface area contributed by atoms with Gasteiger partial charge in [-0.25, -0.2) is 0 Å². The van der Waals surface area contributed by atoms with Crippen molar-refractivity contribution in [3.05, 3.63) is 33.9 Å². The quantitative estimate of drug-likeness (QED) is 0.509. The molecule has 0 saturated heterocycles. The molecule has 0 aliphatic carbocycles. The van der Waals surface area contributed by atoms with Gasteiger partial charge in [-0.05, 0) is 47.2 Å². The predicted molar refractivity (Wildman–Crippen MR) is 71.5 cm³/mol. The van der Waals surface area contributed by atoms with E-state index in [9.17, 15) is 0 Å². The Balaban J connectivity index is 2.55. The van der Waals surface area contributed by atoms with E-state index in [1.165, 1.54) is 0 Å². The van der Waals surface area contributed by atoms with E-state index in [0.717, 1.165) is 27.9 Å². The van der Waals surface area contributed by atoms with Crippen LogP contribution in [0.2, 0.25) is 0 Å². The number of nitrogens with one attached hydrogen (secondary N) is 1. The Labute approximate surface area is 98.7 Å². The average molecular weight is 302 g/mol. The van der Waals surface area contributed by atoms with Crippen LogP contribution >= 0.6 is 22.6 Å². The molecule has 0 aromatic heterocycles. The molecule has 1 aromatic carbocycles. The first kappa shape index (κ1) is 11.4. The number of nitrogens with two attached hydrogens (primary N) is 1. The lowest BCUT2D eigenvalue weighted by molar-refractivity contribution is 1.20. The van der Waals surface area contributed by atoms with Crippen LogP contribution < -0.4 is 11.1 Å². The Morgan fingerprint density at radius 2 is 2.21 bits per heavy atom. The molecule has 3 N–H and O–H groups in total. The fourth-order valence-electron chi connectivity index (χ4n) is 1.09. The van der Waals surface area contributed by atoms with Crippen molar-refractivity contribution in [3.63, 3.8) is 0 Å². The largest absolute Gasteiger partial charge is 0.399 e. The van der Waals surface area contributed by atoms with E-state index in [1.807, 2.05) is 18.2 Å². The summed E-state index contributed by atoms with van der Waals surface area (Å²) in [5.74, 6) is 0. The molecule has 0 fully saturated rings. The van der Waals surface area contributed by atoms with Gasteiger partial charge in [0.25, 0.3) is 0 Å².